The van der Waals surface area contributed by atoms with Gasteiger partial charge in [-0.3, -0.25) is 10.1 Å². The lowest BCUT2D eigenvalue weighted by molar-refractivity contribution is -0.384. The first kappa shape index (κ1) is 13.3. The van der Waals surface area contributed by atoms with Gasteiger partial charge in [-0.25, -0.2) is 0 Å². The summed E-state index contributed by atoms with van der Waals surface area (Å²) in [6.45, 7) is 0. The fraction of sp³-hybridized carbons (Fsp3) is 0. The van der Waals surface area contributed by atoms with Crippen LogP contribution in [0.4, 0.5) is 5.69 Å². The normalized spacial score (nSPS) is 10.5. The van der Waals surface area contributed by atoms with Crippen LogP contribution in [0.2, 0.25) is 5.02 Å². The summed E-state index contributed by atoms with van der Waals surface area (Å²) in [5.74, 6) is 0.647. The highest BCUT2D eigenvalue weighted by Crippen LogP contribution is 2.31. The topological polar surface area (TPSA) is 82.1 Å². The monoisotopic (exact) mass is 301 g/mol. The lowest BCUT2D eigenvalue weighted by Gasteiger charge is -1.98. The van der Waals surface area contributed by atoms with Gasteiger partial charge in [-0.15, -0.1) is 0 Å². The first-order valence-electron chi connectivity index (χ1n) is 5.98. The molecule has 104 valence electrons. The summed E-state index contributed by atoms with van der Waals surface area (Å²) in [5, 5.41) is 14.8. The van der Waals surface area contributed by atoms with Gasteiger partial charge in [-0.2, -0.15) is 4.98 Å². The van der Waals surface area contributed by atoms with E-state index in [1.807, 2.05) is 30.3 Å². The Kier molecular flexibility index (Phi) is 3.37. The fourth-order valence-corrected chi connectivity index (χ4v) is 2.08. The predicted molar refractivity (Wildman–Crippen MR) is 76.8 cm³/mol. The van der Waals surface area contributed by atoms with Crippen molar-refractivity contribution >= 4 is 17.3 Å². The van der Waals surface area contributed by atoms with Gasteiger partial charge < -0.3 is 4.52 Å². The van der Waals surface area contributed by atoms with Gasteiger partial charge in [0.15, 0.2) is 0 Å². The first-order valence-corrected chi connectivity index (χ1v) is 6.36. The molecule has 0 saturated carbocycles. The lowest BCUT2D eigenvalue weighted by Crippen LogP contribution is -1.88. The van der Waals surface area contributed by atoms with E-state index in [4.69, 9.17) is 16.1 Å². The van der Waals surface area contributed by atoms with Crippen LogP contribution in [-0.2, 0) is 0 Å². The van der Waals surface area contributed by atoms with Gasteiger partial charge in [0, 0.05) is 17.7 Å². The Balaban J connectivity index is 1.99. The molecule has 0 atom stereocenters. The predicted octanol–water partition coefficient (Wildman–Crippen LogP) is 3.97. The zero-order valence-corrected chi connectivity index (χ0v) is 11.3. The van der Waals surface area contributed by atoms with Crippen LogP contribution in [0, 0.1) is 10.1 Å². The van der Waals surface area contributed by atoms with E-state index < -0.39 is 4.92 Å². The summed E-state index contributed by atoms with van der Waals surface area (Å²) in [6.07, 6.45) is 0. The number of rotatable bonds is 3. The molecule has 0 fully saturated rings. The van der Waals surface area contributed by atoms with Crippen molar-refractivity contribution in [2.75, 3.05) is 0 Å². The third-order valence-electron chi connectivity index (χ3n) is 2.85. The summed E-state index contributed by atoms with van der Waals surface area (Å²) >= 11 is 6.03. The van der Waals surface area contributed by atoms with Crippen molar-refractivity contribution in [3.05, 3.63) is 63.7 Å². The highest BCUT2D eigenvalue weighted by atomic mass is 35.5. The van der Waals surface area contributed by atoms with Gasteiger partial charge in [0.25, 0.3) is 11.6 Å². The highest BCUT2D eigenvalue weighted by molar-refractivity contribution is 6.33. The van der Waals surface area contributed by atoms with Crippen molar-refractivity contribution in [1.29, 1.82) is 0 Å². The van der Waals surface area contributed by atoms with E-state index in [1.54, 1.807) is 0 Å². The Morgan fingerprint density at radius 2 is 1.90 bits per heavy atom. The van der Waals surface area contributed by atoms with Gasteiger partial charge in [-0.1, -0.05) is 47.1 Å². The Morgan fingerprint density at radius 3 is 2.57 bits per heavy atom. The molecule has 0 radical (unpaired) electrons. The fourth-order valence-electron chi connectivity index (χ4n) is 1.83. The van der Waals surface area contributed by atoms with E-state index in [-0.39, 0.29) is 16.6 Å². The van der Waals surface area contributed by atoms with Crippen molar-refractivity contribution in [1.82, 2.24) is 10.1 Å². The van der Waals surface area contributed by atoms with Gasteiger partial charge in [0.2, 0.25) is 5.82 Å². The maximum absolute atomic E-state index is 10.7. The molecule has 0 unspecified atom stereocenters. The van der Waals surface area contributed by atoms with Gasteiger partial charge in [0.1, 0.15) is 0 Å². The van der Waals surface area contributed by atoms with Gasteiger partial charge in [0.05, 0.1) is 15.5 Å². The van der Waals surface area contributed by atoms with Crippen molar-refractivity contribution in [2.45, 2.75) is 0 Å². The summed E-state index contributed by atoms with van der Waals surface area (Å²) in [5.41, 5.74) is 1.18. The number of aromatic nitrogens is 2. The summed E-state index contributed by atoms with van der Waals surface area (Å²) in [7, 11) is 0. The van der Waals surface area contributed by atoms with Gasteiger partial charge >= 0.3 is 0 Å². The lowest BCUT2D eigenvalue weighted by atomic mass is 10.2. The summed E-state index contributed by atoms with van der Waals surface area (Å²) < 4.78 is 5.17. The third kappa shape index (κ3) is 2.61. The molecule has 0 N–H and O–H groups in total. The zero-order valence-electron chi connectivity index (χ0n) is 10.6. The van der Waals surface area contributed by atoms with Crippen molar-refractivity contribution < 1.29 is 9.45 Å². The number of hydrogen-bond donors (Lipinski definition) is 0. The molecule has 0 saturated heterocycles. The van der Waals surface area contributed by atoms with E-state index in [0.717, 1.165) is 5.56 Å². The van der Waals surface area contributed by atoms with Crippen molar-refractivity contribution in [3.8, 4) is 22.8 Å². The quantitative estimate of drug-likeness (QED) is 0.540. The van der Waals surface area contributed by atoms with E-state index in [2.05, 4.69) is 10.1 Å². The molecule has 3 rings (SSSR count). The number of halogens is 1. The number of hydrogen-bond acceptors (Lipinski definition) is 5. The van der Waals surface area contributed by atoms with E-state index in [0.29, 0.717) is 11.4 Å². The maximum atomic E-state index is 10.7. The first-order chi connectivity index (χ1) is 10.1. The Morgan fingerprint density at radius 1 is 1.14 bits per heavy atom. The van der Waals surface area contributed by atoms with Crippen molar-refractivity contribution in [3.63, 3.8) is 0 Å². The smallest absolute Gasteiger partial charge is 0.270 e. The molecule has 1 aromatic heterocycles. The van der Waals surface area contributed by atoms with E-state index >= 15 is 0 Å². The zero-order chi connectivity index (χ0) is 14.8. The molecule has 3 aromatic rings. The Labute approximate surface area is 124 Å². The number of benzene rings is 2. The van der Waals surface area contributed by atoms with Crippen LogP contribution in [0.25, 0.3) is 22.8 Å². The third-order valence-corrected chi connectivity index (χ3v) is 3.16. The van der Waals surface area contributed by atoms with Crippen molar-refractivity contribution in [2.24, 2.45) is 0 Å². The number of nitro benzene ring substituents is 1. The Bertz CT molecular complexity index is 802. The molecule has 7 heteroatoms. The molecule has 2 aromatic carbocycles. The second-order valence-electron chi connectivity index (χ2n) is 4.21. The molecule has 0 aliphatic heterocycles. The van der Waals surface area contributed by atoms with Crippen LogP contribution < -0.4 is 0 Å². The molecule has 0 amide bonds. The SMILES string of the molecule is O=[N+]([O-])c1ccc(-c2nc(-c3ccccc3)no2)c(Cl)c1. The average Bonchev–Trinajstić information content (AvgIpc) is 2.97. The summed E-state index contributed by atoms with van der Waals surface area (Å²) in [6, 6.07) is 13.4. The average molecular weight is 302 g/mol. The van der Waals surface area contributed by atoms with Crippen LogP contribution in [-0.4, -0.2) is 15.1 Å². The number of non-ortho nitro benzene ring substituents is 1. The van der Waals surface area contributed by atoms with E-state index in [1.165, 1.54) is 18.2 Å². The number of nitrogens with zero attached hydrogens (tertiary/aromatic N) is 3. The molecular weight excluding hydrogens is 294 g/mol. The molecular formula is C14H8ClN3O3. The molecule has 21 heavy (non-hydrogen) atoms. The molecule has 0 bridgehead atoms. The number of nitro groups is 1. The van der Waals surface area contributed by atoms with Gasteiger partial charge in [-0.05, 0) is 6.07 Å². The minimum Gasteiger partial charge on any atom is -0.334 e. The molecule has 0 aliphatic rings. The minimum absolute atomic E-state index is 0.0912. The molecule has 6 nitrogen and oxygen atoms in total. The van der Waals surface area contributed by atoms with Crippen LogP contribution >= 0.6 is 11.6 Å². The minimum atomic E-state index is -0.515. The Hall–Kier alpha value is -2.73. The molecule has 1 heterocycles. The van der Waals surface area contributed by atoms with Crippen LogP contribution in [0.1, 0.15) is 0 Å². The molecule has 0 spiro atoms. The summed E-state index contributed by atoms with van der Waals surface area (Å²) in [4.78, 5) is 14.4. The maximum Gasteiger partial charge on any atom is 0.270 e. The standard InChI is InChI=1S/C14H8ClN3O3/c15-12-8-10(18(19)20)6-7-11(12)14-16-13(17-21-14)9-4-2-1-3-5-9/h1-8H. The van der Waals surface area contributed by atoms with Crippen LogP contribution in [0.5, 0.6) is 0 Å². The largest absolute Gasteiger partial charge is 0.334 e. The van der Waals surface area contributed by atoms with Crippen LogP contribution in [0.15, 0.2) is 53.1 Å². The van der Waals surface area contributed by atoms with E-state index in [9.17, 15) is 10.1 Å². The molecule has 0 aliphatic carbocycles. The highest BCUT2D eigenvalue weighted by Gasteiger charge is 2.16. The second-order valence-corrected chi connectivity index (χ2v) is 4.62. The van der Waals surface area contributed by atoms with Crippen LogP contribution in [0.3, 0.4) is 0 Å². The second kappa shape index (κ2) is 5.34.